The van der Waals surface area contributed by atoms with Gasteiger partial charge in [-0.2, -0.15) is 0 Å². The van der Waals surface area contributed by atoms with Crippen LogP contribution in [-0.4, -0.2) is 51.3 Å². The maximum absolute atomic E-state index is 12.1. The molecule has 1 aromatic carbocycles. The highest BCUT2D eigenvalue weighted by Crippen LogP contribution is 2.30. The molecule has 2 heterocycles. The Morgan fingerprint density at radius 3 is 3.00 bits per heavy atom. The lowest BCUT2D eigenvalue weighted by atomic mass is 10.2. The first-order valence-corrected chi connectivity index (χ1v) is 9.44. The Kier molecular flexibility index (Phi) is 5.48. The van der Waals surface area contributed by atoms with E-state index in [1.807, 2.05) is 19.1 Å². The molecule has 1 aliphatic heterocycles. The standard InChI is InChI=1S/C16H17N3O4S2/c1-8-3-4-10-13(5-8)25-15(17-10)14-18-12(7-24-14)16(22)23-19-11(6-20)9(2)21/h3-5,11-12,19-20H,6-7H2,1-2H3/t11-,12+/m0/s1. The molecule has 2 atom stereocenters. The van der Waals surface area contributed by atoms with Gasteiger partial charge in [0.2, 0.25) is 0 Å². The molecule has 0 radical (unpaired) electrons. The van der Waals surface area contributed by atoms with E-state index in [0.29, 0.717) is 10.8 Å². The summed E-state index contributed by atoms with van der Waals surface area (Å²) in [7, 11) is 0. The number of aromatic nitrogens is 1. The monoisotopic (exact) mass is 379 g/mol. The number of carbonyl (C=O) groups excluding carboxylic acids is 2. The van der Waals surface area contributed by atoms with Crippen molar-refractivity contribution < 1.29 is 19.5 Å². The zero-order valence-corrected chi connectivity index (χ0v) is 15.3. The van der Waals surface area contributed by atoms with Gasteiger partial charge < -0.3 is 9.94 Å². The Morgan fingerprint density at radius 2 is 2.28 bits per heavy atom. The number of thiazole rings is 1. The van der Waals surface area contributed by atoms with E-state index in [2.05, 4.69) is 21.5 Å². The van der Waals surface area contributed by atoms with Crippen LogP contribution in [0.2, 0.25) is 0 Å². The lowest BCUT2D eigenvalue weighted by Gasteiger charge is -2.13. The maximum atomic E-state index is 12.1. The van der Waals surface area contributed by atoms with Crippen molar-refractivity contribution in [2.45, 2.75) is 25.9 Å². The van der Waals surface area contributed by atoms with E-state index in [-0.39, 0.29) is 5.78 Å². The molecule has 1 aliphatic rings. The molecule has 0 spiro atoms. The maximum Gasteiger partial charge on any atom is 0.350 e. The van der Waals surface area contributed by atoms with Crippen molar-refractivity contribution in [3.8, 4) is 0 Å². The second-order valence-electron chi connectivity index (χ2n) is 5.64. The summed E-state index contributed by atoms with van der Waals surface area (Å²) >= 11 is 2.99. The third-order valence-corrected chi connectivity index (χ3v) is 5.83. The van der Waals surface area contributed by atoms with Crippen LogP contribution in [0.15, 0.2) is 23.2 Å². The summed E-state index contributed by atoms with van der Waals surface area (Å²) in [5, 5.41) is 10.5. The minimum Gasteiger partial charge on any atom is -0.394 e. The number of hydrogen-bond acceptors (Lipinski definition) is 9. The van der Waals surface area contributed by atoms with Crippen LogP contribution in [0.1, 0.15) is 17.5 Å². The third kappa shape index (κ3) is 4.06. The molecule has 0 saturated heterocycles. The molecule has 132 valence electrons. The molecular weight excluding hydrogens is 362 g/mol. The fraction of sp³-hybridized carbons (Fsp3) is 0.375. The van der Waals surface area contributed by atoms with Crippen molar-refractivity contribution in [3.05, 3.63) is 28.8 Å². The molecule has 0 fully saturated rings. The quantitative estimate of drug-likeness (QED) is 0.733. The summed E-state index contributed by atoms with van der Waals surface area (Å²) in [6, 6.07) is 4.47. The number of nitrogens with one attached hydrogen (secondary N) is 1. The van der Waals surface area contributed by atoms with Gasteiger partial charge in [-0.3, -0.25) is 9.79 Å². The predicted octanol–water partition coefficient (Wildman–Crippen LogP) is 1.46. The summed E-state index contributed by atoms with van der Waals surface area (Å²) in [4.78, 5) is 37.1. The lowest BCUT2D eigenvalue weighted by Crippen LogP contribution is -2.41. The van der Waals surface area contributed by atoms with E-state index >= 15 is 0 Å². The van der Waals surface area contributed by atoms with Crippen molar-refractivity contribution in [2.75, 3.05) is 12.4 Å². The molecule has 0 bridgehead atoms. The van der Waals surface area contributed by atoms with E-state index in [1.54, 1.807) is 11.3 Å². The number of aliphatic hydroxyl groups is 1. The average Bonchev–Trinajstić information content (AvgIpc) is 3.21. The smallest absolute Gasteiger partial charge is 0.350 e. The molecule has 2 N–H and O–H groups in total. The Hall–Kier alpha value is -1.81. The molecule has 0 unspecified atom stereocenters. The number of fused-ring (bicyclic) bond motifs is 1. The summed E-state index contributed by atoms with van der Waals surface area (Å²) in [5.74, 6) is -0.446. The second kappa shape index (κ2) is 7.61. The fourth-order valence-electron chi connectivity index (χ4n) is 2.18. The van der Waals surface area contributed by atoms with Gasteiger partial charge in [-0.05, 0) is 31.5 Å². The van der Waals surface area contributed by atoms with E-state index in [9.17, 15) is 9.59 Å². The number of thioether (sulfide) groups is 1. The number of rotatable bonds is 6. The van der Waals surface area contributed by atoms with Gasteiger partial charge in [0, 0.05) is 5.75 Å². The SMILES string of the molecule is CC(=O)[C@H](CO)NOC(=O)[C@H]1CSC(c2nc3ccc(C)cc3s2)=N1. The van der Waals surface area contributed by atoms with Crippen LogP contribution in [0.3, 0.4) is 0 Å². The number of aryl methyl sites for hydroxylation is 1. The van der Waals surface area contributed by atoms with Crippen molar-refractivity contribution in [3.63, 3.8) is 0 Å². The Bertz CT molecular complexity index is 849. The van der Waals surface area contributed by atoms with Gasteiger partial charge in [0.1, 0.15) is 16.1 Å². The van der Waals surface area contributed by atoms with Gasteiger partial charge in [-0.1, -0.05) is 6.07 Å². The zero-order valence-electron chi connectivity index (χ0n) is 13.7. The number of aliphatic imine (C=N–C) groups is 1. The normalized spacial score (nSPS) is 18.2. The number of benzene rings is 1. The zero-order chi connectivity index (χ0) is 18.0. The average molecular weight is 379 g/mol. The molecule has 9 heteroatoms. The predicted molar refractivity (Wildman–Crippen MR) is 97.9 cm³/mol. The van der Waals surface area contributed by atoms with E-state index < -0.39 is 24.7 Å². The van der Waals surface area contributed by atoms with Crippen molar-refractivity contribution in [2.24, 2.45) is 4.99 Å². The lowest BCUT2D eigenvalue weighted by molar-refractivity contribution is -0.155. The first-order valence-electron chi connectivity index (χ1n) is 7.63. The molecule has 2 aromatic rings. The summed E-state index contributed by atoms with van der Waals surface area (Å²) in [6.07, 6.45) is 0. The number of carbonyl (C=O) groups is 2. The molecule has 1 aromatic heterocycles. The van der Waals surface area contributed by atoms with Crippen LogP contribution < -0.4 is 5.48 Å². The first-order chi connectivity index (χ1) is 12.0. The van der Waals surface area contributed by atoms with Gasteiger partial charge in [-0.15, -0.1) is 28.6 Å². The van der Waals surface area contributed by atoms with Crippen LogP contribution in [0.4, 0.5) is 0 Å². The van der Waals surface area contributed by atoms with Crippen LogP contribution in [0.25, 0.3) is 10.2 Å². The number of nitrogens with zero attached hydrogens (tertiary/aromatic N) is 2. The minimum absolute atomic E-state index is 0.315. The summed E-state index contributed by atoms with van der Waals surface area (Å²) < 4.78 is 1.08. The Labute approximate surface area is 152 Å². The molecular formula is C16H17N3O4S2. The minimum atomic E-state index is -0.922. The van der Waals surface area contributed by atoms with E-state index in [0.717, 1.165) is 15.2 Å². The van der Waals surface area contributed by atoms with Crippen molar-refractivity contribution in [1.82, 2.24) is 10.5 Å². The van der Waals surface area contributed by atoms with E-state index in [4.69, 9.17) is 9.94 Å². The number of hydroxylamine groups is 1. The number of Topliss-reactive ketones (excluding diaryl/α,β-unsaturated/α-hetero) is 1. The van der Waals surface area contributed by atoms with Crippen molar-refractivity contribution in [1.29, 1.82) is 0 Å². The summed E-state index contributed by atoms with van der Waals surface area (Å²) in [5.41, 5.74) is 4.36. The van der Waals surface area contributed by atoms with E-state index in [1.165, 1.54) is 24.2 Å². The highest BCUT2D eigenvalue weighted by molar-refractivity contribution is 8.15. The molecule has 7 nitrogen and oxygen atoms in total. The van der Waals surface area contributed by atoms with Crippen LogP contribution >= 0.6 is 23.1 Å². The van der Waals surface area contributed by atoms with Crippen LogP contribution in [0, 0.1) is 6.92 Å². The number of aliphatic hydroxyl groups excluding tert-OH is 1. The Morgan fingerprint density at radius 1 is 1.48 bits per heavy atom. The van der Waals surface area contributed by atoms with Crippen LogP contribution in [-0.2, 0) is 14.4 Å². The van der Waals surface area contributed by atoms with Gasteiger partial charge in [-0.25, -0.2) is 9.78 Å². The molecule has 0 amide bonds. The molecule has 3 rings (SSSR count). The van der Waals surface area contributed by atoms with Crippen molar-refractivity contribution >= 4 is 50.1 Å². The van der Waals surface area contributed by atoms with Gasteiger partial charge in [0.15, 0.2) is 11.8 Å². The van der Waals surface area contributed by atoms with Gasteiger partial charge in [0.25, 0.3) is 0 Å². The number of ketones is 1. The highest BCUT2D eigenvalue weighted by atomic mass is 32.2. The van der Waals surface area contributed by atoms with Crippen LogP contribution in [0.5, 0.6) is 0 Å². The highest BCUT2D eigenvalue weighted by Gasteiger charge is 2.29. The molecule has 0 saturated carbocycles. The first kappa shape index (κ1) is 18.0. The summed E-state index contributed by atoms with van der Waals surface area (Å²) in [6.45, 7) is 2.89. The fourth-order valence-corrected chi connectivity index (χ4v) is 4.34. The van der Waals surface area contributed by atoms with Gasteiger partial charge in [0.05, 0.1) is 16.8 Å². The second-order valence-corrected chi connectivity index (χ2v) is 7.68. The molecule has 25 heavy (non-hydrogen) atoms. The number of hydrogen-bond donors (Lipinski definition) is 2. The Balaban J connectivity index is 1.68. The van der Waals surface area contributed by atoms with Gasteiger partial charge >= 0.3 is 5.97 Å². The topological polar surface area (TPSA) is 101 Å². The third-order valence-electron chi connectivity index (χ3n) is 3.63. The largest absolute Gasteiger partial charge is 0.394 e. The molecule has 0 aliphatic carbocycles.